The third-order valence-corrected chi connectivity index (χ3v) is 10.8. The summed E-state index contributed by atoms with van der Waals surface area (Å²) in [4.78, 5) is 53.1. The summed E-state index contributed by atoms with van der Waals surface area (Å²) in [6.45, 7) is 1.73. The van der Waals surface area contributed by atoms with Crippen LogP contribution in [0.25, 0.3) is 0 Å². The van der Waals surface area contributed by atoms with Crippen molar-refractivity contribution in [2.75, 3.05) is 11.9 Å². The Morgan fingerprint density at radius 3 is 2.32 bits per heavy atom. The number of benzene rings is 2. The molecule has 0 radical (unpaired) electrons. The van der Waals surface area contributed by atoms with Crippen LogP contribution in [0.5, 0.6) is 5.75 Å². The lowest BCUT2D eigenvalue weighted by Crippen LogP contribution is -2.60. The van der Waals surface area contributed by atoms with Crippen LogP contribution in [0.2, 0.25) is 0 Å². The molecule has 2 heterocycles. The Bertz CT molecular complexity index is 1480. The number of amides is 4. The monoisotopic (exact) mass is 664 g/mol. The Hall–Kier alpha value is -2.43. The highest BCUT2D eigenvalue weighted by Gasteiger charge is 2.75. The zero-order valence-electron chi connectivity index (χ0n) is 20.5. The normalized spacial score (nSPS) is 34.3. The first-order chi connectivity index (χ1) is 17.9. The number of fused-ring (bicyclic) bond motifs is 4. The molecule has 2 saturated heterocycles. The van der Waals surface area contributed by atoms with Crippen molar-refractivity contribution in [3.05, 3.63) is 68.8 Å². The van der Waals surface area contributed by atoms with E-state index in [2.05, 4.69) is 22.6 Å². The molecule has 7 nitrogen and oxygen atoms in total. The second-order valence-electron chi connectivity index (χ2n) is 10.5. The van der Waals surface area contributed by atoms with Crippen LogP contribution in [-0.4, -0.2) is 50.4 Å². The van der Waals surface area contributed by atoms with Gasteiger partial charge in [-0.05, 0) is 89.7 Å². The van der Waals surface area contributed by atoms with E-state index in [4.69, 9.17) is 23.2 Å². The fourth-order valence-corrected chi connectivity index (χ4v) is 8.20. The molecule has 0 bridgehead atoms. The Balaban J connectivity index is 1.52. The third-order valence-electron chi connectivity index (χ3n) is 8.65. The predicted octanol–water partition coefficient (Wildman–Crippen LogP) is 4.50. The topological polar surface area (TPSA) is 95.0 Å². The van der Waals surface area contributed by atoms with E-state index in [1.165, 1.54) is 18.0 Å². The van der Waals surface area contributed by atoms with Gasteiger partial charge in [-0.1, -0.05) is 23.8 Å². The summed E-state index contributed by atoms with van der Waals surface area (Å²) < 4.78 is 0.974. The van der Waals surface area contributed by atoms with Gasteiger partial charge >= 0.3 is 0 Å². The minimum atomic E-state index is -1.83. The average molecular weight is 665 g/mol. The molecule has 2 aliphatic heterocycles. The van der Waals surface area contributed by atoms with E-state index < -0.39 is 45.2 Å². The van der Waals surface area contributed by atoms with Crippen molar-refractivity contribution < 1.29 is 24.3 Å². The summed E-state index contributed by atoms with van der Waals surface area (Å²) in [6.07, 6.45) is 2.15. The fourth-order valence-electron chi connectivity index (χ4n) is 6.82. The van der Waals surface area contributed by atoms with E-state index in [1.807, 2.05) is 18.2 Å². The minimum Gasteiger partial charge on any atom is -0.508 e. The first kappa shape index (κ1) is 25.8. The lowest BCUT2D eigenvalue weighted by atomic mass is 9.56. The Labute approximate surface area is 242 Å². The van der Waals surface area contributed by atoms with Gasteiger partial charge in [0.25, 0.3) is 11.8 Å². The second-order valence-corrected chi connectivity index (χ2v) is 13.0. The summed E-state index contributed by atoms with van der Waals surface area (Å²) in [5.74, 6) is -4.54. The maximum atomic E-state index is 13.9. The molecule has 0 aromatic heterocycles. The van der Waals surface area contributed by atoms with Crippen LogP contribution in [-0.2, 0) is 19.2 Å². The number of halogens is 3. The van der Waals surface area contributed by atoms with Gasteiger partial charge in [0.1, 0.15) is 5.75 Å². The van der Waals surface area contributed by atoms with Crippen molar-refractivity contribution in [3.63, 3.8) is 0 Å². The molecule has 196 valence electrons. The number of hydrogen-bond acceptors (Lipinski definition) is 5. The van der Waals surface area contributed by atoms with Gasteiger partial charge in [0.05, 0.1) is 17.5 Å². The van der Waals surface area contributed by atoms with Crippen LogP contribution in [0.1, 0.15) is 29.9 Å². The number of rotatable bonds is 2. The van der Waals surface area contributed by atoms with Crippen LogP contribution in [0.3, 0.4) is 0 Å². The van der Waals surface area contributed by atoms with Crippen LogP contribution in [0.4, 0.5) is 5.69 Å². The van der Waals surface area contributed by atoms with Crippen molar-refractivity contribution >= 4 is 75.1 Å². The van der Waals surface area contributed by atoms with Gasteiger partial charge in [-0.3, -0.25) is 29.0 Å². The molecule has 38 heavy (non-hydrogen) atoms. The standard InChI is InChI=1S/C28H23Cl2IN2O5/c1-13-11-14(3-10-20(13)34)22-17-8-9-18-21(24(36)33(23(18)35)16-6-4-15(31)5-7-16)19(17)12-27(29)25(37)32(2)26(38)28(22,27)30/h3-8,10-11,18-19,21-22,34H,9,12H2,1-2H3. The van der Waals surface area contributed by atoms with E-state index in [0.717, 1.165) is 14.0 Å². The molecular formula is C28H23Cl2IN2O5. The van der Waals surface area contributed by atoms with E-state index in [9.17, 15) is 24.3 Å². The van der Waals surface area contributed by atoms with Crippen molar-refractivity contribution in [1.29, 1.82) is 0 Å². The Kier molecular flexibility index (Phi) is 5.80. The van der Waals surface area contributed by atoms with Gasteiger partial charge in [-0.2, -0.15) is 0 Å². The van der Waals surface area contributed by atoms with Gasteiger partial charge < -0.3 is 5.11 Å². The Morgan fingerprint density at radius 1 is 0.974 bits per heavy atom. The minimum absolute atomic E-state index is 0.0485. The molecule has 1 N–H and O–H groups in total. The largest absolute Gasteiger partial charge is 0.508 e. The van der Waals surface area contributed by atoms with Gasteiger partial charge in [-0.15, -0.1) is 23.2 Å². The Morgan fingerprint density at radius 2 is 1.66 bits per heavy atom. The second kappa shape index (κ2) is 8.53. The first-order valence-corrected chi connectivity index (χ1v) is 14.1. The number of carbonyl (C=O) groups excluding carboxylic acids is 4. The highest BCUT2D eigenvalue weighted by Crippen LogP contribution is 2.65. The number of anilines is 1. The first-order valence-electron chi connectivity index (χ1n) is 12.2. The summed E-state index contributed by atoms with van der Waals surface area (Å²) in [5.41, 5.74) is 2.40. The number of allylic oxidation sites excluding steroid dienone is 2. The SMILES string of the molecule is Cc1cc(C2C3=CCC4C(=O)N(c5ccc(I)cc5)C(=O)C4C3CC3(Cl)C(=O)N(C)C(=O)C23Cl)ccc1O. The molecule has 6 rings (SSSR count). The number of alkyl halides is 2. The summed E-state index contributed by atoms with van der Waals surface area (Å²) in [6, 6.07) is 12.1. The maximum absolute atomic E-state index is 13.9. The molecule has 2 aromatic carbocycles. The highest BCUT2D eigenvalue weighted by atomic mass is 127. The number of aryl methyl sites for hydroxylation is 1. The number of carbonyl (C=O) groups is 4. The molecule has 2 aliphatic carbocycles. The molecule has 6 atom stereocenters. The molecule has 3 fully saturated rings. The summed E-state index contributed by atoms with van der Waals surface area (Å²) in [7, 11) is 1.36. The number of likely N-dealkylation sites (tertiary alicyclic amines) is 1. The van der Waals surface area contributed by atoms with Crippen molar-refractivity contribution in [2.24, 2.45) is 17.8 Å². The zero-order valence-corrected chi connectivity index (χ0v) is 24.1. The number of phenolic OH excluding ortho intramolecular Hbond substituents is 1. The molecule has 10 heteroatoms. The molecule has 4 aliphatic rings. The molecule has 2 aromatic rings. The van der Waals surface area contributed by atoms with E-state index in [1.54, 1.807) is 31.2 Å². The van der Waals surface area contributed by atoms with Crippen LogP contribution >= 0.6 is 45.8 Å². The van der Waals surface area contributed by atoms with Gasteiger partial charge in [0.2, 0.25) is 11.8 Å². The van der Waals surface area contributed by atoms with Crippen LogP contribution < -0.4 is 4.90 Å². The quantitative estimate of drug-likeness (QED) is 0.221. The van der Waals surface area contributed by atoms with Gasteiger partial charge in [-0.25, -0.2) is 0 Å². The molecule has 6 unspecified atom stereocenters. The molecule has 4 amide bonds. The van der Waals surface area contributed by atoms with E-state index >= 15 is 0 Å². The van der Waals surface area contributed by atoms with E-state index in [-0.39, 0.29) is 24.0 Å². The number of nitrogens with zero attached hydrogens (tertiary/aromatic N) is 2. The highest BCUT2D eigenvalue weighted by molar-refractivity contribution is 14.1. The van der Waals surface area contributed by atoms with Crippen molar-refractivity contribution in [2.45, 2.75) is 35.4 Å². The van der Waals surface area contributed by atoms with Gasteiger partial charge in [0.15, 0.2) is 9.75 Å². The number of imide groups is 2. The number of aromatic hydroxyl groups is 1. The van der Waals surface area contributed by atoms with Crippen molar-refractivity contribution in [3.8, 4) is 5.75 Å². The molecular weight excluding hydrogens is 642 g/mol. The zero-order chi connectivity index (χ0) is 27.3. The maximum Gasteiger partial charge on any atom is 0.253 e. The van der Waals surface area contributed by atoms with Crippen LogP contribution in [0, 0.1) is 28.2 Å². The summed E-state index contributed by atoms with van der Waals surface area (Å²) in [5, 5.41) is 10.2. The van der Waals surface area contributed by atoms with Gasteiger partial charge in [0, 0.05) is 16.5 Å². The fraction of sp³-hybridized carbons (Fsp3) is 0.357. The average Bonchev–Trinajstić information content (AvgIpc) is 3.21. The lowest BCUT2D eigenvalue weighted by molar-refractivity contribution is -0.138. The van der Waals surface area contributed by atoms with E-state index in [0.29, 0.717) is 23.2 Å². The van der Waals surface area contributed by atoms with Crippen molar-refractivity contribution in [1.82, 2.24) is 4.90 Å². The number of phenols is 1. The molecule has 1 saturated carbocycles. The van der Waals surface area contributed by atoms with Crippen LogP contribution in [0.15, 0.2) is 54.1 Å². The predicted molar refractivity (Wildman–Crippen MR) is 150 cm³/mol. The smallest absolute Gasteiger partial charge is 0.253 e. The third kappa shape index (κ3) is 3.20. The summed E-state index contributed by atoms with van der Waals surface area (Å²) >= 11 is 16.5. The lowest BCUT2D eigenvalue weighted by Gasteiger charge is -2.50. The molecule has 0 spiro atoms. The number of hydrogen-bond donors (Lipinski definition) is 1.